The van der Waals surface area contributed by atoms with Crippen molar-refractivity contribution in [3.8, 4) is 5.75 Å². The Morgan fingerprint density at radius 2 is 1.81 bits per heavy atom. The molecule has 1 aromatic rings. The van der Waals surface area contributed by atoms with Crippen molar-refractivity contribution in [2.75, 3.05) is 20.6 Å². The molecule has 1 aromatic carbocycles. The first-order valence-corrected chi connectivity index (χ1v) is 5.99. The number of hydrogen-bond acceptors (Lipinski definition) is 2. The molecule has 2 bridgehead atoms. The summed E-state index contributed by atoms with van der Waals surface area (Å²) in [5, 5.41) is 9.89. The number of phenols is 1. The van der Waals surface area contributed by atoms with E-state index in [0.29, 0.717) is 16.6 Å². The molecular weight excluding hydrogens is 198 g/mol. The van der Waals surface area contributed by atoms with Gasteiger partial charge in [-0.1, -0.05) is 18.2 Å². The zero-order chi connectivity index (χ0) is 11.4. The van der Waals surface area contributed by atoms with Crippen molar-refractivity contribution in [3.63, 3.8) is 0 Å². The molecule has 1 N–H and O–H groups in total. The van der Waals surface area contributed by atoms with Crippen molar-refractivity contribution in [2.45, 2.75) is 24.7 Å². The minimum atomic E-state index is 0.321. The van der Waals surface area contributed by atoms with Crippen molar-refractivity contribution in [1.29, 1.82) is 0 Å². The Morgan fingerprint density at radius 1 is 1.19 bits per heavy atom. The van der Waals surface area contributed by atoms with E-state index < -0.39 is 0 Å². The summed E-state index contributed by atoms with van der Waals surface area (Å²) < 4.78 is 0. The summed E-state index contributed by atoms with van der Waals surface area (Å²) in [5.74, 6) is 0.487. The van der Waals surface area contributed by atoms with E-state index in [1.165, 1.54) is 31.4 Å². The SMILES string of the molecule is CN(C)CC12CC(c3ccccc3O)(C1)C2. The summed E-state index contributed by atoms with van der Waals surface area (Å²) >= 11 is 0. The molecule has 0 amide bonds. The molecule has 0 heterocycles. The third-order valence-electron chi connectivity index (χ3n) is 4.27. The molecule has 0 atom stereocenters. The normalized spacial score (nSPS) is 35.7. The van der Waals surface area contributed by atoms with Crippen LogP contribution in [0.1, 0.15) is 24.8 Å². The van der Waals surface area contributed by atoms with Crippen molar-refractivity contribution in [1.82, 2.24) is 4.90 Å². The van der Waals surface area contributed by atoms with Gasteiger partial charge in [0.1, 0.15) is 5.75 Å². The third kappa shape index (κ3) is 1.23. The fourth-order valence-electron chi connectivity index (χ4n) is 4.04. The van der Waals surface area contributed by atoms with Gasteiger partial charge in [0.15, 0.2) is 0 Å². The van der Waals surface area contributed by atoms with Crippen LogP contribution < -0.4 is 0 Å². The quantitative estimate of drug-likeness (QED) is 0.840. The first-order chi connectivity index (χ1) is 7.55. The predicted molar refractivity (Wildman–Crippen MR) is 64.6 cm³/mol. The maximum Gasteiger partial charge on any atom is 0.119 e. The van der Waals surface area contributed by atoms with Crippen LogP contribution in [0.25, 0.3) is 0 Å². The van der Waals surface area contributed by atoms with Crippen molar-refractivity contribution in [3.05, 3.63) is 29.8 Å². The average molecular weight is 217 g/mol. The first-order valence-electron chi connectivity index (χ1n) is 5.99. The van der Waals surface area contributed by atoms with E-state index in [0.717, 1.165) is 0 Å². The van der Waals surface area contributed by atoms with Crippen LogP contribution in [0.3, 0.4) is 0 Å². The Morgan fingerprint density at radius 3 is 2.38 bits per heavy atom. The third-order valence-corrected chi connectivity index (χ3v) is 4.27. The highest BCUT2D eigenvalue weighted by Crippen LogP contribution is 2.74. The van der Waals surface area contributed by atoms with Gasteiger partial charge in [-0.05, 0) is 44.8 Å². The predicted octanol–water partition coefficient (Wildman–Crippen LogP) is 2.38. The standard InChI is InChI=1S/C14H19NO/c1-15(2)10-13-7-14(8-13,9-13)11-5-3-4-6-12(11)16/h3-6,16H,7-10H2,1-2H3. The maximum atomic E-state index is 9.89. The van der Waals surface area contributed by atoms with Crippen LogP contribution in [-0.4, -0.2) is 30.6 Å². The smallest absolute Gasteiger partial charge is 0.119 e. The molecular formula is C14H19NO. The van der Waals surface area contributed by atoms with E-state index in [1.807, 2.05) is 18.2 Å². The molecule has 0 aromatic heterocycles. The second kappa shape index (κ2) is 3.01. The van der Waals surface area contributed by atoms with Gasteiger partial charge >= 0.3 is 0 Å². The molecule has 0 spiro atoms. The number of benzene rings is 1. The summed E-state index contributed by atoms with van der Waals surface area (Å²) in [6.07, 6.45) is 3.78. The second-order valence-corrected chi connectivity index (χ2v) is 6.07. The highest BCUT2D eigenvalue weighted by Gasteiger charge is 2.68. The summed E-state index contributed by atoms with van der Waals surface area (Å²) in [7, 11) is 4.29. The number of phenolic OH excluding ortho intramolecular Hbond substituents is 1. The molecule has 0 saturated heterocycles. The van der Waals surface area contributed by atoms with Gasteiger partial charge < -0.3 is 10.0 Å². The molecule has 0 unspecified atom stereocenters. The lowest BCUT2D eigenvalue weighted by Gasteiger charge is -2.72. The average Bonchev–Trinajstić information content (AvgIpc) is 2.10. The van der Waals surface area contributed by atoms with Crippen molar-refractivity contribution < 1.29 is 5.11 Å². The molecule has 3 saturated carbocycles. The second-order valence-electron chi connectivity index (χ2n) is 6.07. The van der Waals surface area contributed by atoms with Crippen LogP contribution in [0.15, 0.2) is 24.3 Å². The van der Waals surface area contributed by atoms with Crippen LogP contribution in [0.2, 0.25) is 0 Å². The van der Waals surface area contributed by atoms with E-state index >= 15 is 0 Å². The minimum absolute atomic E-state index is 0.321. The van der Waals surface area contributed by atoms with Crippen LogP contribution >= 0.6 is 0 Å². The summed E-state index contributed by atoms with van der Waals surface area (Å²) in [6.45, 7) is 1.20. The van der Waals surface area contributed by atoms with Gasteiger partial charge in [-0.2, -0.15) is 0 Å². The Kier molecular flexibility index (Phi) is 1.91. The van der Waals surface area contributed by atoms with Crippen LogP contribution in [-0.2, 0) is 5.41 Å². The highest BCUT2D eigenvalue weighted by atomic mass is 16.3. The Bertz CT molecular complexity index is 405. The van der Waals surface area contributed by atoms with Crippen molar-refractivity contribution in [2.24, 2.45) is 5.41 Å². The summed E-state index contributed by atoms with van der Waals surface area (Å²) in [4.78, 5) is 2.29. The van der Waals surface area contributed by atoms with E-state index in [9.17, 15) is 5.11 Å². The highest BCUT2D eigenvalue weighted by molar-refractivity contribution is 5.46. The Labute approximate surface area is 96.9 Å². The number of hydrogen-bond donors (Lipinski definition) is 1. The van der Waals surface area contributed by atoms with Gasteiger partial charge in [-0.3, -0.25) is 0 Å². The summed E-state index contributed by atoms with van der Waals surface area (Å²) in [6, 6.07) is 7.84. The molecule has 2 heteroatoms. The maximum absolute atomic E-state index is 9.89. The molecule has 3 aliphatic carbocycles. The number of para-hydroxylation sites is 1. The number of aromatic hydroxyl groups is 1. The number of rotatable bonds is 3. The lowest BCUT2D eigenvalue weighted by atomic mass is 9.33. The first kappa shape index (κ1) is 10.2. The fraction of sp³-hybridized carbons (Fsp3) is 0.571. The van der Waals surface area contributed by atoms with Crippen LogP contribution in [0.4, 0.5) is 0 Å². The van der Waals surface area contributed by atoms with Gasteiger partial charge in [0.05, 0.1) is 0 Å². The zero-order valence-corrected chi connectivity index (χ0v) is 10.0. The van der Waals surface area contributed by atoms with Gasteiger partial charge in [0.2, 0.25) is 0 Å². The zero-order valence-electron chi connectivity index (χ0n) is 10.0. The topological polar surface area (TPSA) is 23.5 Å². The van der Waals surface area contributed by atoms with Crippen molar-refractivity contribution >= 4 is 0 Å². The van der Waals surface area contributed by atoms with Crippen LogP contribution in [0, 0.1) is 5.41 Å². The summed E-state index contributed by atoms with van der Waals surface area (Å²) in [5.41, 5.74) is 2.06. The molecule has 86 valence electrons. The largest absolute Gasteiger partial charge is 0.508 e. The monoisotopic (exact) mass is 217 g/mol. The lowest BCUT2D eigenvalue weighted by molar-refractivity contribution is -0.151. The molecule has 4 rings (SSSR count). The molecule has 3 fully saturated rings. The van der Waals surface area contributed by atoms with E-state index in [1.54, 1.807) is 0 Å². The van der Waals surface area contributed by atoms with E-state index in [-0.39, 0.29) is 0 Å². The Balaban J connectivity index is 1.76. The van der Waals surface area contributed by atoms with Crippen LogP contribution in [0.5, 0.6) is 5.75 Å². The van der Waals surface area contributed by atoms with Gasteiger partial charge in [-0.25, -0.2) is 0 Å². The Hall–Kier alpha value is -1.02. The molecule has 0 radical (unpaired) electrons. The minimum Gasteiger partial charge on any atom is -0.508 e. The van der Waals surface area contributed by atoms with E-state index in [4.69, 9.17) is 0 Å². The molecule has 3 aliphatic rings. The molecule has 2 nitrogen and oxygen atoms in total. The molecule has 16 heavy (non-hydrogen) atoms. The van der Waals surface area contributed by atoms with Gasteiger partial charge in [0.25, 0.3) is 0 Å². The van der Waals surface area contributed by atoms with E-state index in [2.05, 4.69) is 25.1 Å². The van der Waals surface area contributed by atoms with Gasteiger partial charge in [0, 0.05) is 17.5 Å². The number of nitrogens with zero attached hydrogens (tertiary/aromatic N) is 1. The fourth-order valence-corrected chi connectivity index (χ4v) is 4.04. The lowest BCUT2D eigenvalue weighted by Crippen LogP contribution is -2.67. The van der Waals surface area contributed by atoms with Gasteiger partial charge in [-0.15, -0.1) is 0 Å². The molecule has 0 aliphatic heterocycles.